The summed E-state index contributed by atoms with van der Waals surface area (Å²) in [7, 11) is 1.26. The largest absolute Gasteiger partial charge is 0.390 e. The van der Waals surface area contributed by atoms with Gasteiger partial charge in [-0.1, -0.05) is 0 Å². The maximum atomic E-state index is 12.0. The van der Waals surface area contributed by atoms with E-state index in [1.54, 1.807) is 0 Å². The zero-order chi connectivity index (χ0) is 13.1. The number of hydrogen-bond donors (Lipinski definition) is 1. The predicted octanol–water partition coefficient (Wildman–Crippen LogP) is 1.08. The summed E-state index contributed by atoms with van der Waals surface area (Å²) < 4.78 is 35.9. The molecule has 0 unspecified atom stereocenters. The minimum absolute atomic E-state index is 0.0417. The maximum absolute atomic E-state index is 12.0. The molecule has 8 heteroatoms. The molecule has 1 rings (SSSR count). The first-order chi connectivity index (χ1) is 7.79. The number of nitrogens with two attached hydrogens (primary N) is 1. The fourth-order valence-electron chi connectivity index (χ4n) is 1.08. The van der Waals surface area contributed by atoms with Gasteiger partial charge in [-0.05, 0) is 0 Å². The second-order valence-corrected chi connectivity index (χ2v) is 3.42. The number of carbonyl (C=O) groups is 1. The number of anilines is 1. The Bertz CT molecular complexity index is 407. The number of nitrogen functional groups attached to an aromatic ring is 1. The maximum Gasteiger partial charge on any atom is 0.390 e. The lowest BCUT2D eigenvalue weighted by Gasteiger charge is -2.17. The van der Waals surface area contributed by atoms with Crippen LogP contribution in [-0.2, 0) is 0 Å². The van der Waals surface area contributed by atoms with E-state index < -0.39 is 25.0 Å². The van der Waals surface area contributed by atoms with Crippen LogP contribution in [0.25, 0.3) is 0 Å². The van der Waals surface area contributed by atoms with Gasteiger partial charge >= 0.3 is 6.18 Å². The van der Waals surface area contributed by atoms with Crippen LogP contribution in [0.4, 0.5) is 19.0 Å². The van der Waals surface area contributed by atoms with Gasteiger partial charge in [0.05, 0.1) is 18.8 Å². The Morgan fingerprint density at radius 1 is 1.47 bits per heavy atom. The highest BCUT2D eigenvalue weighted by molar-refractivity contribution is 5.92. The molecule has 1 heterocycles. The molecule has 1 amide bonds. The van der Waals surface area contributed by atoms with Crippen LogP contribution in [0.3, 0.4) is 0 Å². The molecule has 0 aliphatic heterocycles. The van der Waals surface area contributed by atoms with Gasteiger partial charge in [-0.15, -0.1) is 0 Å². The van der Waals surface area contributed by atoms with Crippen molar-refractivity contribution in [3.63, 3.8) is 0 Å². The van der Waals surface area contributed by atoms with E-state index in [0.29, 0.717) is 0 Å². The van der Waals surface area contributed by atoms with Crippen LogP contribution in [0.1, 0.15) is 16.9 Å². The van der Waals surface area contributed by atoms with E-state index in [2.05, 4.69) is 9.97 Å². The van der Waals surface area contributed by atoms with Crippen molar-refractivity contribution in [1.29, 1.82) is 0 Å². The van der Waals surface area contributed by atoms with E-state index in [1.807, 2.05) is 0 Å². The number of amides is 1. The van der Waals surface area contributed by atoms with E-state index in [0.717, 1.165) is 11.1 Å². The molecule has 0 atom stereocenters. The second kappa shape index (κ2) is 4.98. The number of carbonyl (C=O) groups excluding carboxylic acids is 1. The van der Waals surface area contributed by atoms with E-state index >= 15 is 0 Å². The number of aromatic nitrogens is 2. The average molecular weight is 248 g/mol. The van der Waals surface area contributed by atoms with Gasteiger partial charge in [-0.25, -0.2) is 4.98 Å². The molecule has 94 valence electrons. The summed E-state index contributed by atoms with van der Waals surface area (Å²) >= 11 is 0. The summed E-state index contributed by atoms with van der Waals surface area (Å²) in [5, 5.41) is 0. The first kappa shape index (κ1) is 13.2. The molecule has 0 aliphatic rings. The molecule has 1 aromatic rings. The van der Waals surface area contributed by atoms with Crippen molar-refractivity contribution in [2.45, 2.75) is 12.6 Å². The number of rotatable bonds is 3. The Balaban J connectivity index is 2.64. The molecule has 0 bridgehead atoms. The Labute approximate surface area is 95.5 Å². The molecule has 0 radical (unpaired) electrons. The minimum Gasteiger partial charge on any atom is -0.382 e. The van der Waals surface area contributed by atoms with Crippen molar-refractivity contribution in [1.82, 2.24) is 14.9 Å². The van der Waals surface area contributed by atoms with Crippen LogP contribution in [-0.4, -0.2) is 40.5 Å². The fraction of sp³-hybridized carbons (Fsp3) is 0.444. The number of alkyl halides is 3. The van der Waals surface area contributed by atoms with Crippen molar-refractivity contribution >= 4 is 11.7 Å². The van der Waals surface area contributed by atoms with Gasteiger partial charge in [-0.2, -0.15) is 13.2 Å². The van der Waals surface area contributed by atoms with Crippen molar-refractivity contribution in [2.24, 2.45) is 0 Å². The Morgan fingerprint density at radius 2 is 2.12 bits per heavy atom. The third kappa shape index (κ3) is 4.25. The summed E-state index contributed by atoms with van der Waals surface area (Å²) in [6, 6.07) is 0. The lowest BCUT2D eigenvalue weighted by atomic mass is 10.3. The topological polar surface area (TPSA) is 72.1 Å². The zero-order valence-corrected chi connectivity index (χ0v) is 9.03. The fourth-order valence-corrected chi connectivity index (χ4v) is 1.08. The molecule has 0 spiro atoms. The highest BCUT2D eigenvalue weighted by Crippen LogP contribution is 2.19. The average Bonchev–Trinajstić information content (AvgIpc) is 2.24. The summed E-state index contributed by atoms with van der Waals surface area (Å²) in [6.45, 7) is -0.432. The molecule has 0 fully saturated rings. The van der Waals surface area contributed by atoms with Crippen LogP contribution in [0.2, 0.25) is 0 Å². The van der Waals surface area contributed by atoms with Crippen LogP contribution in [0.15, 0.2) is 12.4 Å². The molecule has 5 nitrogen and oxygen atoms in total. The quantitative estimate of drug-likeness (QED) is 0.868. The van der Waals surface area contributed by atoms with Gasteiger partial charge in [-0.3, -0.25) is 9.78 Å². The van der Waals surface area contributed by atoms with Gasteiger partial charge in [0, 0.05) is 13.6 Å². The number of nitrogens with zero attached hydrogens (tertiary/aromatic N) is 3. The molecule has 0 saturated heterocycles. The summed E-state index contributed by atoms with van der Waals surface area (Å²) in [6.07, 6.45) is -2.96. The minimum atomic E-state index is -4.30. The zero-order valence-electron chi connectivity index (χ0n) is 9.03. The standard InChI is InChI=1S/C9H11F3N4O/c1-16(3-2-9(10,11)12)8(17)6-4-14-5-7(13)15-6/h4-5H,2-3H2,1H3,(H2,13,15). The number of halogens is 3. The molecular formula is C9H11F3N4O. The SMILES string of the molecule is CN(CCC(F)(F)F)C(=O)c1cncc(N)n1. The van der Waals surface area contributed by atoms with Gasteiger partial charge in [0.25, 0.3) is 5.91 Å². The molecule has 0 saturated carbocycles. The third-order valence-electron chi connectivity index (χ3n) is 1.95. The van der Waals surface area contributed by atoms with E-state index in [4.69, 9.17) is 5.73 Å². The van der Waals surface area contributed by atoms with E-state index in [-0.39, 0.29) is 11.5 Å². The number of hydrogen-bond acceptors (Lipinski definition) is 4. The van der Waals surface area contributed by atoms with Gasteiger partial charge in [0.2, 0.25) is 0 Å². The Kier molecular flexibility index (Phi) is 3.87. The van der Waals surface area contributed by atoms with E-state index in [9.17, 15) is 18.0 Å². The first-order valence-electron chi connectivity index (χ1n) is 4.69. The van der Waals surface area contributed by atoms with Crippen molar-refractivity contribution in [3.05, 3.63) is 18.1 Å². The monoisotopic (exact) mass is 248 g/mol. The second-order valence-electron chi connectivity index (χ2n) is 3.42. The lowest BCUT2D eigenvalue weighted by molar-refractivity contribution is -0.136. The molecule has 1 aromatic heterocycles. The van der Waals surface area contributed by atoms with Crippen molar-refractivity contribution in [3.8, 4) is 0 Å². The first-order valence-corrected chi connectivity index (χ1v) is 4.69. The normalized spacial score (nSPS) is 11.3. The molecular weight excluding hydrogens is 237 g/mol. The van der Waals surface area contributed by atoms with Gasteiger partial charge in [0.15, 0.2) is 0 Å². The highest BCUT2D eigenvalue weighted by Gasteiger charge is 2.28. The van der Waals surface area contributed by atoms with Crippen molar-refractivity contribution in [2.75, 3.05) is 19.3 Å². The highest BCUT2D eigenvalue weighted by atomic mass is 19.4. The van der Waals surface area contributed by atoms with Crippen LogP contribution in [0, 0.1) is 0 Å². The summed E-state index contributed by atoms with van der Waals surface area (Å²) in [4.78, 5) is 19.9. The Hall–Kier alpha value is -1.86. The molecule has 17 heavy (non-hydrogen) atoms. The smallest absolute Gasteiger partial charge is 0.382 e. The van der Waals surface area contributed by atoms with Gasteiger partial charge < -0.3 is 10.6 Å². The van der Waals surface area contributed by atoms with Crippen LogP contribution >= 0.6 is 0 Å². The Morgan fingerprint density at radius 3 is 2.65 bits per heavy atom. The van der Waals surface area contributed by atoms with E-state index in [1.165, 1.54) is 13.2 Å². The third-order valence-corrected chi connectivity index (χ3v) is 1.95. The summed E-state index contributed by atoms with van der Waals surface area (Å²) in [5.74, 6) is -0.603. The molecule has 0 aromatic carbocycles. The summed E-state index contributed by atoms with van der Waals surface area (Å²) in [5.41, 5.74) is 5.24. The van der Waals surface area contributed by atoms with Crippen LogP contribution < -0.4 is 5.73 Å². The molecule has 2 N–H and O–H groups in total. The van der Waals surface area contributed by atoms with Crippen LogP contribution in [0.5, 0.6) is 0 Å². The lowest BCUT2D eigenvalue weighted by Crippen LogP contribution is -2.31. The van der Waals surface area contributed by atoms with Crippen molar-refractivity contribution < 1.29 is 18.0 Å². The molecule has 0 aliphatic carbocycles. The predicted molar refractivity (Wildman–Crippen MR) is 54.1 cm³/mol. The van der Waals surface area contributed by atoms with Gasteiger partial charge in [0.1, 0.15) is 11.5 Å².